The second-order valence-corrected chi connectivity index (χ2v) is 4.56. The highest BCUT2D eigenvalue weighted by molar-refractivity contribution is 5.82. The summed E-state index contributed by atoms with van der Waals surface area (Å²) in [4.78, 5) is 11.4. The number of carbonyl (C=O) groups excluding carboxylic acids is 1. The third kappa shape index (κ3) is 2.45. The largest absolute Gasteiger partial charge is 0.573 e. The minimum absolute atomic E-state index is 0.267. The number of fused-ring (bicyclic) bond motifs is 3. The molecule has 3 rings (SSSR count). The van der Waals surface area contributed by atoms with E-state index < -0.39 is 12.4 Å². The van der Waals surface area contributed by atoms with Crippen LogP contribution >= 0.6 is 0 Å². The average Bonchev–Trinajstić information content (AvgIpc) is 2.52. The van der Waals surface area contributed by atoms with Gasteiger partial charge in [-0.3, -0.25) is 0 Å². The molecule has 1 aromatic carbocycles. The van der Waals surface area contributed by atoms with E-state index in [1.165, 1.54) is 18.2 Å². The van der Waals surface area contributed by atoms with Crippen LogP contribution in [0, 0.1) is 0 Å². The highest BCUT2D eigenvalue weighted by atomic mass is 19.4. The molecule has 7 heteroatoms. The molecule has 0 amide bonds. The van der Waals surface area contributed by atoms with E-state index in [4.69, 9.17) is 4.74 Å². The van der Waals surface area contributed by atoms with Crippen LogP contribution in [0.5, 0.6) is 5.75 Å². The summed E-state index contributed by atoms with van der Waals surface area (Å²) in [6.07, 6.45) is -4.08. The minimum atomic E-state index is -4.71. The predicted molar refractivity (Wildman–Crippen MR) is 58.7 cm³/mol. The molecule has 2 bridgehead atoms. The summed E-state index contributed by atoms with van der Waals surface area (Å²) in [5.41, 5.74) is 1.31. The van der Waals surface area contributed by atoms with E-state index in [2.05, 4.69) is 10.1 Å². The van der Waals surface area contributed by atoms with E-state index in [1.807, 2.05) is 0 Å². The van der Waals surface area contributed by atoms with Crippen molar-refractivity contribution in [2.75, 3.05) is 5.32 Å². The van der Waals surface area contributed by atoms with E-state index in [1.54, 1.807) is 0 Å². The Morgan fingerprint density at radius 2 is 2.16 bits per heavy atom. The van der Waals surface area contributed by atoms with Crippen molar-refractivity contribution in [3.05, 3.63) is 23.8 Å². The number of benzene rings is 1. The topological polar surface area (TPSA) is 47.6 Å². The maximum atomic E-state index is 12.1. The standard InChI is InChI=1S/C12H10F3NO3/c13-12(14,15)19-7-1-2-9-6(3-7)4-8-5-10(16-9)11(17)18-8/h1-3,8,10,16H,4-5H2/t8-,10+/m0/s1. The molecule has 0 aromatic heterocycles. The van der Waals surface area contributed by atoms with Gasteiger partial charge in [0.2, 0.25) is 0 Å². The summed E-state index contributed by atoms with van der Waals surface area (Å²) in [6, 6.07) is 3.62. The average molecular weight is 273 g/mol. The van der Waals surface area contributed by atoms with Gasteiger partial charge < -0.3 is 14.8 Å². The zero-order chi connectivity index (χ0) is 13.6. The van der Waals surface area contributed by atoms with Crippen LogP contribution in [0.1, 0.15) is 12.0 Å². The third-order valence-electron chi connectivity index (χ3n) is 3.15. The van der Waals surface area contributed by atoms with E-state index in [0.717, 1.165) is 0 Å². The highest BCUT2D eigenvalue weighted by Crippen LogP contribution is 2.34. The van der Waals surface area contributed by atoms with Gasteiger partial charge >= 0.3 is 12.3 Å². The summed E-state index contributed by atoms with van der Waals surface area (Å²) in [5, 5.41) is 2.98. The molecule has 1 N–H and O–H groups in total. The van der Waals surface area contributed by atoms with E-state index in [-0.39, 0.29) is 17.8 Å². The van der Waals surface area contributed by atoms with Crippen molar-refractivity contribution < 1.29 is 27.4 Å². The number of esters is 1. The number of rotatable bonds is 1. The lowest BCUT2D eigenvalue weighted by Crippen LogP contribution is -2.25. The number of ether oxygens (including phenoxy) is 2. The summed E-state index contributed by atoms with van der Waals surface area (Å²) < 4.78 is 45.4. The Morgan fingerprint density at radius 1 is 1.37 bits per heavy atom. The van der Waals surface area contributed by atoms with Crippen LogP contribution in [-0.4, -0.2) is 24.5 Å². The van der Waals surface area contributed by atoms with Crippen molar-refractivity contribution in [1.82, 2.24) is 0 Å². The highest BCUT2D eigenvalue weighted by Gasteiger charge is 2.38. The van der Waals surface area contributed by atoms with Gasteiger partial charge in [-0.15, -0.1) is 13.2 Å². The first kappa shape index (κ1) is 12.1. The predicted octanol–water partition coefficient (Wildman–Crippen LogP) is 2.24. The molecule has 2 aliphatic rings. The fraction of sp³-hybridized carbons (Fsp3) is 0.417. The van der Waals surface area contributed by atoms with Gasteiger partial charge in [-0.25, -0.2) is 4.79 Å². The van der Waals surface area contributed by atoms with Crippen LogP contribution in [0.3, 0.4) is 0 Å². The van der Waals surface area contributed by atoms with Gasteiger partial charge in [-0.05, 0) is 23.8 Å². The molecule has 102 valence electrons. The quantitative estimate of drug-likeness (QED) is 0.797. The summed E-state index contributed by atoms with van der Waals surface area (Å²) >= 11 is 0. The summed E-state index contributed by atoms with van der Waals surface area (Å²) in [7, 11) is 0. The van der Waals surface area contributed by atoms with Crippen LogP contribution in [-0.2, 0) is 16.0 Å². The molecule has 0 spiro atoms. The molecule has 0 saturated carbocycles. The fourth-order valence-corrected chi connectivity index (χ4v) is 2.41. The lowest BCUT2D eigenvalue weighted by molar-refractivity contribution is -0.274. The molecule has 1 saturated heterocycles. The van der Waals surface area contributed by atoms with Gasteiger partial charge in [0.15, 0.2) is 0 Å². The lowest BCUT2D eigenvalue weighted by Gasteiger charge is -2.17. The Bertz CT molecular complexity index is 529. The maximum Gasteiger partial charge on any atom is 0.573 e. The molecule has 1 fully saturated rings. The van der Waals surface area contributed by atoms with Crippen LogP contribution in [0.25, 0.3) is 0 Å². The smallest absolute Gasteiger partial charge is 0.460 e. The number of hydrogen-bond donors (Lipinski definition) is 1. The number of carbonyl (C=O) groups is 1. The third-order valence-corrected chi connectivity index (χ3v) is 3.15. The molecule has 2 atom stereocenters. The van der Waals surface area contributed by atoms with E-state index in [0.29, 0.717) is 24.1 Å². The first-order valence-corrected chi connectivity index (χ1v) is 5.76. The lowest BCUT2D eigenvalue weighted by atomic mass is 10.1. The molecule has 0 radical (unpaired) electrons. The summed E-state index contributed by atoms with van der Waals surface area (Å²) in [6.45, 7) is 0. The normalized spacial score (nSPS) is 25.1. The minimum Gasteiger partial charge on any atom is -0.460 e. The molecule has 4 nitrogen and oxygen atoms in total. The zero-order valence-corrected chi connectivity index (χ0v) is 9.66. The Kier molecular flexibility index (Phi) is 2.58. The van der Waals surface area contributed by atoms with Crippen LogP contribution < -0.4 is 10.1 Å². The van der Waals surface area contributed by atoms with Gasteiger partial charge in [0, 0.05) is 18.5 Å². The second kappa shape index (κ2) is 4.04. The number of alkyl halides is 3. The molecular formula is C12H10F3NO3. The van der Waals surface area contributed by atoms with Gasteiger partial charge in [0.1, 0.15) is 17.9 Å². The molecule has 1 aromatic rings. The number of halogens is 3. The molecule has 2 heterocycles. The van der Waals surface area contributed by atoms with Crippen LogP contribution in [0.4, 0.5) is 18.9 Å². The van der Waals surface area contributed by atoms with Gasteiger partial charge in [0.25, 0.3) is 0 Å². The molecule has 19 heavy (non-hydrogen) atoms. The summed E-state index contributed by atoms with van der Waals surface area (Å²) in [5.74, 6) is -0.580. The Morgan fingerprint density at radius 3 is 2.89 bits per heavy atom. The van der Waals surface area contributed by atoms with Gasteiger partial charge in [0.05, 0.1) is 0 Å². The number of anilines is 1. The van der Waals surface area contributed by atoms with Crippen molar-refractivity contribution >= 4 is 11.7 Å². The molecule has 2 aliphatic heterocycles. The van der Waals surface area contributed by atoms with Crippen LogP contribution in [0.2, 0.25) is 0 Å². The second-order valence-electron chi connectivity index (χ2n) is 4.56. The molecular weight excluding hydrogens is 263 g/mol. The van der Waals surface area contributed by atoms with Gasteiger partial charge in [-0.1, -0.05) is 0 Å². The van der Waals surface area contributed by atoms with Gasteiger partial charge in [-0.2, -0.15) is 0 Å². The van der Waals surface area contributed by atoms with Crippen molar-refractivity contribution in [3.63, 3.8) is 0 Å². The number of hydrogen-bond acceptors (Lipinski definition) is 4. The van der Waals surface area contributed by atoms with Crippen molar-refractivity contribution in [3.8, 4) is 5.75 Å². The Balaban J connectivity index is 1.88. The van der Waals surface area contributed by atoms with Crippen LogP contribution in [0.15, 0.2) is 18.2 Å². The van der Waals surface area contributed by atoms with Crippen molar-refractivity contribution in [2.24, 2.45) is 0 Å². The first-order valence-electron chi connectivity index (χ1n) is 5.76. The molecule has 0 unspecified atom stereocenters. The Labute approximate surface area is 106 Å². The maximum absolute atomic E-state index is 12.1. The zero-order valence-electron chi connectivity index (χ0n) is 9.66. The SMILES string of the molecule is O=C1O[C@H]2Cc3cc(OC(F)(F)F)ccc3N[C@@H]1C2. The monoisotopic (exact) mass is 273 g/mol. The van der Waals surface area contributed by atoms with E-state index >= 15 is 0 Å². The Hall–Kier alpha value is -1.92. The van der Waals surface area contributed by atoms with Crippen molar-refractivity contribution in [1.29, 1.82) is 0 Å². The van der Waals surface area contributed by atoms with E-state index in [9.17, 15) is 18.0 Å². The number of nitrogens with one attached hydrogen (secondary N) is 1. The fourth-order valence-electron chi connectivity index (χ4n) is 2.41. The van der Waals surface area contributed by atoms with Crippen molar-refractivity contribution in [2.45, 2.75) is 31.3 Å². The first-order chi connectivity index (χ1) is 8.90. The molecule has 0 aliphatic carbocycles.